The van der Waals surface area contributed by atoms with Crippen LogP contribution in [0.5, 0.6) is 23.0 Å². The molecule has 6 nitrogen and oxygen atoms in total. The van der Waals surface area contributed by atoms with Gasteiger partial charge in [-0.25, -0.2) is 8.42 Å². The van der Waals surface area contributed by atoms with Crippen molar-refractivity contribution in [2.24, 2.45) is 0 Å². The quantitative estimate of drug-likeness (QED) is 0.253. The zero-order valence-corrected chi connectivity index (χ0v) is 21.1. The fraction of sp³-hybridized carbons (Fsp3) is 0.200. The first-order valence-corrected chi connectivity index (χ1v) is 13.6. The van der Waals surface area contributed by atoms with Gasteiger partial charge in [0.05, 0.1) is 9.79 Å². The van der Waals surface area contributed by atoms with Gasteiger partial charge < -0.3 is 20.4 Å². The van der Waals surface area contributed by atoms with E-state index in [1.165, 1.54) is 78.9 Å². The van der Waals surface area contributed by atoms with Crippen LogP contribution in [0.4, 0.5) is 0 Å². The predicted molar refractivity (Wildman–Crippen MR) is 142 cm³/mol. The molecule has 4 N–H and O–H groups in total. The summed E-state index contributed by atoms with van der Waals surface area (Å²) in [6.07, 6.45) is 5.99. The summed E-state index contributed by atoms with van der Waals surface area (Å²) < 4.78 is 24.2. The van der Waals surface area contributed by atoms with Gasteiger partial charge in [0.15, 0.2) is 0 Å². The molecule has 1 aliphatic rings. The predicted octanol–water partition coefficient (Wildman–Crippen LogP) is 6.28. The second-order valence-corrected chi connectivity index (χ2v) is 11.2. The first-order chi connectivity index (χ1) is 17.7. The number of sulfone groups is 1. The van der Waals surface area contributed by atoms with Gasteiger partial charge in [0.1, 0.15) is 23.0 Å². The average Bonchev–Trinajstić information content (AvgIpc) is 2.91. The lowest BCUT2D eigenvalue weighted by atomic mass is 9.65. The SMILES string of the molecule is O=S(=O)(c1ccc(O)cc1)c1ccc(O)cc1.Oc1ccc(C2(c3ccc(O)cc3)CCCCC2)cc1. The van der Waals surface area contributed by atoms with Crippen LogP contribution in [0.1, 0.15) is 43.2 Å². The standard InChI is InChI=1S/C18H20O2.C12H10O4S/c19-16-8-4-14(5-9-16)18(12-2-1-3-13-18)15-6-10-17(20)11-7-15;13-9-1-5-11(6-2-9)17(15,16)12-7-3-10(14)4-8-12/h4-11,19-20H,1-3,12-13H2;1-8,13-14H. The van der Waals surface area contributed by atoms with Gasteiger partial charge in [-0.05, 0) is 96.8 Å². The lowest BCUT2D eigenvalue weighted by Crippen LogP contribution is -2.30. The Hall–Kier alpha value is -3.97. The first kappa shape index (κ1) is 26.1. The molecule has 0 heterocycles. The van der Waals surface area contributed by atoms with Crippen molar-refractivity contribution in [3.05, 3.63) is 108 Å². The Labute approximate surface area is 217 Å². The molecular formula is C30H30O6S. The third kappa shape index (κ3) is 5.89. The smallest absolute Gasteiger partial charge is 0.206 e. The Balaban J connectivity index is 0.000000176. The van der Waals surface area contributed by atoms with Crippen LogP contribution in [-0.2, 0) is 15.3 Å². The average molecular weight is 519 g/mol. The van der Waals surface area contributed by atoms with E-state index in [2.05, 4.69) is 0 Å². The van der Waals surface area contributed by atoms with Crippen molar-refractivity contribution in [2.75, 3.05) is 0 Å². The van der Waals surface area contributed by atoms with Crippen LogP contribution in [0.3, 0.4) is 0 Å². The first-order valence-electron chi connectivity index (χ1n) is 12.1. The molecule has 1 fully saturated rings. The zero-order chi connectivity index (χ0) is 26.5. The monoisotopic (exact) mass is 518 g/mol. The van der Waals surface area contributed by atoms with Gasteiger partial charge in [-0.3, -0.25) is 0 Å². The molecule has 4 aromatic rings. The molecule has 0 spiro atoms. The highest BCUT2D eigenvalue weighted by Gasteiger charge is 2.35. The summed E-state index contributed by atoms with van der Waals surface area (Å²) in [5.41, 5.74) is 2.56. The minimum Gasteiger partial charge on any atom is -0.508 e. The van der Waals surface area contributed by atoms with Crippen molar-refractivity contribution < 1.29 is 28.8 Å². The lowest BCUT2D eigenvalue weighted by molar-refractivity contribution is 0.345. The van der Waals surface area contributed by atoms with E-state index in [1.807, 2.05) is 24.3 Å². The summed E-state index contributed by atoms with van der Waals surface area (Å²) >= 11 is 0. The lowest BCUT2D eigenvalue weighted by Gasteiger charge is -2.38. The molecule has 192 valence electrons. The second-order valence-electron chi connectivity index (χ2n) is 9.23. The van der Waals surface area contributed by atoms with E-state index in [-0.39, 0.29) is 26.7 Å². The molecule has 37 heavy (non-hydrogen) atoms. The number of aromatic hydroxyl groups is 4. The molecule has 0 amide bonds. The van der Waals surface area contributed by atoms with Crippen LogP contribution >= 0.6 is 0 Å². The van der Waals surface area contributed by atoms with Crippen molar-refractivity contribution in [1.82, 2.24) is 0 Å². The van der Waals surface area contributed by atoms with Crippen LogP contribution in [0.15, 0.2) is 107 Å². The largest absolute Gasteiger partial charge is 0.508 e. The summed E-state index contributed by atoms with van der Waals surface area (Å²) in [5, 5.41) is 37.2. The molecule has 5 rings (SSSR count). The third-order valence-corrected chi connectivity index (χ3v) is 8.63. The minimum absolute atomic E-state index is 0.00894. The van der Waals surface area contributed by atoms with Gasteiger partial charge in [0.2, 0.25) is 9.84 Å². The van der Waals surface area contributed by atoms with E-state index in [9.17, 15) is 18.6 Å². The molecule has 7 heteroatoms. The van der Waals surface area contributed by atoms with Crippen LogP contribution in [-0.4, -0.2) is 28.8 Å². The molecule has 0 atom stereocenters. The van der Waals surface area contributed by atoms with E-state index < -0.39 is 9.84 Å². The van der Waals surface area contributed by atoms with Crippen molar-refractivity contribution >= 4 is 9.84 Å². The van der Waals surface area contributed by atoms with E-state index in [0.717, 1.165) is 12.8 Å². The Bertz CT molecular complexity index is 1300. The molecular weight excluding hydrogens is 488 g/mol. The van der Waals surface area contributed by atoms with E-state index in [0.29, 0.717) is 11.5 Å². The molecule has 0 bridgehead atoms. The Morgan fingerprint density at radius 1 is 0.459 bits per heavy atom. The van der Waals surface area contributed by atoms with Gasteiger partial charge in [-0.2, -0.15) is 0 Å². The van der Waals surface area contributed by atoms with Crippen LogP contribution in [0.2, 0.25) is 0 Å². The van der Waals surface area contributed by atoms with Crippen LogP contribution < -0.4 is 0 Å². The Morgan fingerprint density at radius 3 is 1.08 bits per heavy atom. The Morgan fingerprint density at radius 2 is 0.757 bits per heavy atom. The number of phenolic OH excluding ortho intramolecular Hbond substituents is 4. The van der Waals surface area contributed by atoms with Crippen molar-refractivity contribution in [3.63, 3.8) is 0 Å². The molecule has 0 radical (unpaired) electrons. The summed E-state index contributed by atoms with van der Waals surface area (Å²) in [4.78, 5) is 0.196. The van der Waals surface area contributed by atoms with Gasteiger partial charge >= 0.3 is 0 Å². The molecule has 0 aromatic heterocycles. The highest BCUT2D eigenvalue weighted by molar-refractivity contribution is 7.91. The van der Waals surface area contributed by atoms with E-state index in [4.69, 9.17) is 10.2 Å². The fourth-order valence-electron chi connectivity index (χ4n) is 4.85. The summed E-state index contributed by atoms with van der Waals surface area (Å²) in [6, 6.07) is 25.8. The summed E-state index contributed by atoms with van der Waals surface area (Å²) in [5.74, 6) is 0.639. The maximum absolute atomic E-state index is 12.1. The van der Waals surface area contributed by atoms with Gasteiger partial charge in [0, 0.05) is 5.41 Å². The molecule has 1 aliphatic carbocycles. The van der Waals surface area contributed by atoms with E-state index in [1.54, 1.807) is 24.3 Å². The molecule has 4 aromatic carbocycles. The third-order valence-electron chi connectivity index (χ3n) is 6.84. The molecule has 0 unspecified atom stereocenters. The van der Waals surface area contributed by atoms with Gasteiger partial charge in [-0.15, -0.1) is 0 Å². The normalized spacial score (nSPS) is 14.8. The maximum Gasteiger partial charge on any atom is 0.206 e. The number of benzene rings is 4. The van der Waals surface area contributed by atoms with Gasteiger partial charge in [-0.1, -0.05) is 43.5 Å². The summed E-state index contributed by atoms with van der Waals surface area (Å²) in [7, 11) is -3.59. The summed E-state index contributed by atoms with van der Waals surface area (Å²) in [6.45, 7) is 0. The highest BCUT2D eigenvalue weighted by Crippen LogP contribution is 2.45. The maximum atomic E-state index is 12.1. The second kappa shape index (κ2) is 11.0. The number of hydrogen-bond donors (Lipinski definition) is 4. The van der Waals surface area contributed by atoms with Crippen molar-refractivity contribution in [3.8, 4) is 23.0 Å². The van der Waals surface area contributed by atoms with Crippen molar-refractivity contribution in [2.45, 2.75) is 47.3 Å². The number of hydrogen-bond acceptors (Lipinski definition) is 6. The van der Waals surface area contributed by atoms with Crippen molar-refractivity contribution in [1.29, 1.82) is 0 Å². The number of rotatable bonds is 4. The van der Waals surface area contributed by atoms with Crippen LogP contribution in [0, 0.1) is 0 Å². The fourth-order valence-corrected chi connectivity index (χ4v) is 6.11. The molecule has 1 saturated carbocycles. The molecule has 0 saturated heterocycles. The molecule has 0 aliphatic heterocycles. The van der Waals surface area contributed by atoms with Crippen LogP contribution in [0.25, 0.3) is 0 Å². The Kier molecular flexibility index (Phi) is 7.74. The topological polar surface area (TPSA) is 115 Å². The minimum atomic E-state index is -3.59. The highest BCUT2D eigenvalue weighted by atomic mass is 32.2. The number of phenols is 4. The van der Waals surface area contributed by atoms with E-state index >= 15 is 0 Å². The van der Waals surface area contributed by atoms with Gasteiger partial charge in [0.25, 0.3) is 0 Å². The zero-order valence-electron chi connectivity index (χ0n) is 20.3.